The molecular weight excluding hydrogens is 250 g/mol. The van der Waals surface area contributed by atoms with E-state index in [0.717, 1.165) is 30.8 Å². The highest BCUT2D eigenvalue weighted by Crippen LogP contribution is 2.29. The molecule has 0 atom stereocenters. The number of pyridine rings is 1. The van der Waals surface area contributed by atoms with E-state index in [0.29, 0.717) is 12.3 Å². The molecule has 1 heterocycles. The number of aromatic nitrogens is 1. The molecule has 20 heavy (non-hydrogen) atoms. The molecule has 0 amide bonds. The summed E-state index contributed by atoms with van der Waals surface area (Å²) in [6.45, 7) is 3.59. The summed E-state index contributed by atoms with van der Waals surface area (Å²) in [7, 11) is 0. The molecule has 2 aromatic rings. The van der Waals surface area contributed by atoms with E-state index in [1.807, 2.05) is 42.7 Å². The van der Waals surface area contributed by atoms with Gasteiger partial charge in [0.15, 0.2) is 0 Å². The van der Waals surface area contributed by atoms with Crippen LogP contribution in [0.2, 0.25) is 0 Å². The van der Waals surface area contributed by atoms with Crippen molar-refractivity contribution in [1.82, 2.24) is 4.98 Å². The van der Waals surface area contributed by atoms with Gasteiger partial charge in [0.05, 0.1) is 18.0 Å². The Labute approximate surface area is 120 Å². The van der Waals surface area contributed by atoms with Gasteiger partial charge in [0.1, 0.15) is 5.75 Å². The molecule has 2 rings (SSSR count). The number of nitrogen functional groups attached to an aromatic ring is 1. The fourth-order valence-electron chi connectivity index (χ4n) is 1.93. The van der Waals surface area contributed by atoms with Crippen molar-refractivity contribution in [3.63, 3.8) is 0 Å². The summed E-state index contributed by atoms with van der Waals surface area (Å²) in [5.41, 5.74) is 8.96. The number of anilines is 2. The molecule has 0 aliphatic rings. The number of nitrogens with one attached hydrogen (secondary N) is 1. The molecule has 1 aromatic heterocycles. The summed E-state index contributed by atoms with van der Waals surface area (Å²) in [4.78, 5) is 4.01. The van der Waals surface area contributed by atoms with E-state index in [-0.39, 0.29) is 0 Å². The average Bonchev–Trinajstić information content (AvgIpc) is 2.49. The Morgan fingerprint density at radius 3 is 2.75 bits per heavy atom. The molecule has 0 bridgehead atoms. The smallest absolute Gasteiger partial charge is 0.144 e. The summed E-state index contributed by atoms with van der Waals surface area (Å²) >= 11 is 0. The van der Waals surface area contributed by atoms with Gasteiger partial charge < -0.3 is 15.8 Å². The number of para-hydroxylation sites is 1. The Balaban J connectivity index is 1.92. The van der Waals surface area contributed by atoms with E-state index in [9.17, 15) is 0 Å². The molecule has 0 aliphatic heterocycles. The molecular formula is C16H21N3O. The standard InChI is InChI=1S/C16H21N3O/c1-2-12-20-15-5-3-4-14(16(15)17)19-11-8-13-6-9-18-10-7-13/h3-7,9-10,19H,2,8,11-12,17H2,1H3. The lowest BCUT2D eigenvalue weighted by Gasteiger charge is -2.13. The van der Waals surface area contributed by atoms with Crippen molar-refractivity contribution < 1.29 is 4.74 Å². The normalized spacial score (nSPS) is 10.2. The topological polar surface area (TPSA) is 60.2 Å². The van der Waals surface area contributed by atoms with Crippen molar-refractivity contribution in [2.24, 2.45) is 0 Å². The van der Waals surface area contributed by atoms with Crippen LogP contribution in [0, 0.1) is 0 Å². The van der Waals surface area contributed by atoms with Crippen LogP contribution in [0.4, 0.5) is 11.4 Å². The first-order valence-electron chi connectivity index (χ1n) is 6.95. The lowest BCUT2D eigenvalue weighted by atomic mass is 10.2. The second kappa shape index (κ2) is 7.38. The molecule has 0 unspecified atom stereocenters. The van der Waals surface area contributed by atoms with Crippen LogP contribution in [0.3, 0.4) is 0 Å². The maximum Gasteiger partial charge on any atom is 0.144 e. The summed E-state index contributed by atoms with van der Waals surface area (Å²) in [5.74, 6) is 0.751. The number of benzene rings is 1. The summed E-state index contributed by atoms with van der Waals surface area (Å²) in [5, 5.41) is 3.35. The van der Waals surface area contributed by atoms with Crippen molar-refractivity contribution in [1.29, 1.82) is 0 Å². The maximum absolute atomic E-state index is 6.11. The molecule has 0 spiro atoms. The fourth-order valence-corrected chi connectivity index (χ4v) is 1.93. The number of hydrogen-bond acceptors (Lipinski definition) is 4. The molecule has 0 aliphatic carbocycles. The fraction of sp³-hybridized carbons (Fsp3) is 0.312. The van der Waals surface area contributed by atoms with Gasteiger partial charge in [0, 0.05) is 18.9 Å². The zero-order chi connectivity index (χ0) is 14.2. The quantitative estimate of drug-likeness (QED) is 0.760. The van der Waals surface area contributed by atoms with Crippen LogP contribution in [-0.4, -0.2) is 18.1 Å². The zero-order valence-electron chi connectivity index (χ0n) is 11.8. The van der Waals surface area contributed by atoms with Gasteiger partial charge in [-0.05, 0) is 42.7 Å². The van der Waals surface area contributed by atoms with E-state index in [1.165, 1.54) is 5.56 Å². The van der Waals surface area contributed by atoms with Gasteiger partial charge >= 0.3 is 0 Å². The van der Waals surface area contributed by atoms with Crippen LogP contribution in [0.1, 0.15) is 18.9 Å². The highest BCUT2D eigenvalue weighted by molar-refractivity contribution is 5.72. The minimum atomic E-state index is 0.677. The lowest BCUT2D eigenvalue weighted by molar-refractivity contribution is 0.319. The summed E-state index contributed by atoms with van der Waals surface area (Å²) in [6.07, 6.45) is 5.52. The van der Waals surface area contributed by atoms with Crippen molar-refractivity contribution in [2.45, 2.75) is 19.8 Å². The Morgan fingerprint density at radius 1 is 1.20 bits per heavy atom. The molecule has 0 saturated heterocycles. The minimum Gasteiger partial charge on any atom is -0.491 e. The Kier molecular flexibility index (Phi) is 5.24. The van der Waals surface area contributed by atoms with E-state index in [1.54, 1.807) is 0 Å². The van der Waals surface area contributed by atoms with Gasteiger partial charge in [0.25, 0.3) is 0 Å². The van der Waals surface area contributed by atoms with Gasteiger partial charge in [-0.3, -0.25) is 4.98 Å². The molecule has 0 radical (unpaired) electrons. The van der Waals surface area contributed by atoms with Gasteiger partial charge in [-0.2, -0.15) is 0 Å². The Bertz CT molecular complexity index is 529. The predicted molar refractivity (Wildman–Crippen MR) is 83.1 cm³/mol. The lowest BCUT2D eigenvalue weighted by Crippen LogP contribution is -2.08. The van der Waals surface area contributed by atoms with Crippen LogP contribution in [0.15, 0.2) is 42.7 Å². The van der Waals surface area contributed by atoms with E-state index in [4.69, 9.17) is 10.5 Å². The van der Waals surface area contributed by atoms with Crippen LogP contribution in [0.25, 0.3) is 0 Å². The highest BCUT2D eigenvalue weighted by atomic mass is 16.5. The highest BCUT2D eigenvalue weighted by Gasteiger charge is 2.05. The van der Waals surface area contributed by atoms with Crippen LogP contribution in [-0.2, 0) is 6.42 Å². The Morgan fingerprint density at radius 2 is 2.00 bits per heavy atom. The van der Waals surface area contributed by atoms with Crippen LogP contribution < -0.4 is 15.8 Å². The largest absolute Gasteiger partial charge is 0.491 e. The summed E-state index contributed by atoms with van der Waals surface area (Å²) in [6, 6.07) is 9.87. The van der Waals surface area contributed by atoms with Gasteiger partial charge in [-0.25, -0.2) is 0 Å². The first kappa shape index (κ1) is 14.2. The average molecular weight is 271 g/mol. The van der Waals surface area contributed by atoms with E-state index >= 15 is 0 Å². The van der Waals surface area contributed by atoms with Gasteiger partial charge in [0.2, 0.25) is 0 Å². The first-order chi connectivity index (χ1) is 9.81. The number of rotatable bonds is 7. The number of hydrogen-bond donors (Lipinski definition) is 2. The van der Waals surface area contributed by atoms with Crippen LogP contribution in [0.5, 0.6) is 5.75 Å². The number of nitrogens with two attached hydrogens (primary N) is 1. The van der Waals surface area contributed by atoms with Crippen LogP contribution >= 0.6 is 0 Å². The van der Waals surface area contributed by atoms with Crippen molar-refractivity contribution in [3.05, 3.63) is 48.3 Å². The number of nitrogens with zero attached hydrogens (tertiary/aromatic N) is 1. The van der Waals surface area contributed by atoms with Gasteiger partial charge in [-0.15, -0.1) is 0 Å². The molecule has 1 aromatic carbocycles. The SMILES string of the molecule is CCCOc1cccc(NCCc2ccncc2)c1N. The van der Waals surface area contributed by atoms with Gasteiger partial charge in [-0.1, -0.05) is 13.0 Å². The molecule has 3 N–H and O–H groups in total. The number of ether oxygens (including phenoxy) is 1. The second-order valence-corrected chi connectivity index (χ2v) is 4.60. The second-order valence-electron chi connectivity index (χ2n) is 4.60. The molecule has 4 nitrogen and oxygen atoms in total. The third kappa shape index (κ3) is 3.88. The monoisotopic (exact) mass is 271 g/mol. The minimum absolute atomic E-state index is 0.677. The van der Waals surface area contributed by atoms with Crippen molar-refractivity contribution >= 4 is 11.4 Å². The Hall–Kier alpha value is -2.23. The van der Waals surface area contributed by atoms with Crippen molar-refractivity contribution in [3.8, 4) is 5.75 Å². The third-order valence-corrected chi connectivity index (χ3v) is 3.01. The van der Waals surface area contributed by atoms with Crippen molar-refractivity contribution in [2.75, 3.05) is 24.2 Å². The third-order valence-electron chi connectivity index (χ3n) is 3.01. The molecule has 106 valence electrons. The first-order valence-corrected chi connectivity index (χ1v) is 6.95. The predicted octanol–water partition coefficient (Wildman–Crippen LogP) is 3.11. The molecule has 0 fully saturated rings. The van der Waals surface area contributed by atoms with E-state index < -0.39 is 0 Å². The zero-order valence-corrected chi connectivity index (χ0v) is 11.8. The molecule has 0 saturated carbocycles. The van der Waals surface area contributed by atoms with E-state index in [2.05, 4.69) is 17.2 Å². The summed E-state index contributed by atoms with van der Waals surface area (Å²) < 4.78 is 5.62. The molecule has 4 heteroatoms. The maximum atomic E-state index is 6.11.